The van der Waals surface area contributed by atoms with E-state index in [4.69, 9.17) is 4.52 Å². The van der Waals surface area contributed by atoms with Crippen LogP contribution in [-0.2, 0) is 19.4 Å². The van der Waals surface area contributed by atoms with Gasteiger partial charge in [-0.25, -0.2) is 0 Å². The number of fused-ring (bicyclic) bond motifs is 1. The summed E-state index contributed by atoms with van der Waals surface area (Å²) in [4.78, 5) is 15.1. The van der Waals surface area contributed by atoms with Crippen molar-refractivity contribution in [3.63, 3.8) is 0 Å². The van der Waals surface area contributed by atoms with Crippen molar-refractivity contribution in [2.75, 3.05) is 13.1 Å². The molecule has 2 N–H and O–H groups in total. The zero-order chi connectivity index (χ0) is 18.1. The van der Waals surface area contributed by atoms with Crippen LogP contribution in [0.25, 0.3) is 0 Å². The maximum absolute atomic E-state index is 12.6. The van der Waals surface area contributed by atoms with Gasteiger partial charge in [-0.05, 0) is 52.4 Å². The normalized spacial score (nSPS) is 18.7. The molecule has 26 heavy (non-hydrogen) atoms. The van der Waals surface area contributed by atoms with E-state index in [0.29, 0.717) is 5.69 Å². The van der Waals surface area contributed by atoms with Crippen molar-refractivity contribution in [2.45, 2.75) is 65.0 Å². The van der Waals surface area contributed by atoms with E-state index in [1.165, 1.54) is 12.0 Å². The molecule has 1 saturated heterocycles. The predicted molar refractivity (Wildman–Crippen MR) is 97.0 cm³/mol. The largest absolute Gasteiger partial charge is 0.361 e. The summed E-state index contributed by atoms with van der Waals surface area (Å²) in [6.07, 6.45) is 6.22. The molecule has 1 aliphatic heterocycles. The molecule has 2 aliphatic rings. The third kappa shape index (κ3) is 3.40. The number of carbonyl (C=O) groups is 1. The Morgan fingerprint density at radius 1 is 1.27 bits per heavy atom. The molecule has 1 fully saturated rings. The standard InChI is InChI=1S/C19H27N5O2/c1-12-16(13(2)26-23-12)11-24-9-7-14(8-10-24)20-19(25)18-15-5-3-4-6-17(15)21-22-18/h14H,3-11H2,1-2H3,(H,20,25)(H,21,22). The first-order chi connectivity index (χ1) is 12.6. The van der Waals surface area contributed by atoms with E-state index in [2.05, 4.69) is 25.6 Å². The van der Waals surface area contributed by atoms with Crippen molar-refractivity contribution >= 4 is 5.91 Å². The van der Waals surface area contributed by atoms with Gasteiger partial charge in [0.1, 0.15) is 5.76 Å². The van der Waals surface area contributed by atoms with Gasteiger partial charge >= 0.3 is 0 Å². The summed E-state index contributed by atoms with van der Waals surface area (Å²) in [6.45, 7) is 6.76. The summed E-state index contributed by atoms with van der Waals surface area (Å²) in [5.41, 5.74) is 5.05. The number of H-pyrrole nitrogens is 1. The second-order valence-corrected chi connectivity index (χ2v) is 7.56. The maximum Gasteiger partial charge on any atom is 0.272 e. The number of amides is 1. The van der Waals surface area contributed by atoms with E-state index in [9.17, 15) is 4.79 Å². The number of likely N-dealkylation sites (tertiary alicyclic amines) is 1. The average Bonchev–Trinajstić information content (AvgIpc) is 3.22. The van der Waals surface area contributed by atoms with Gasteiger partial charge < -0.3 is 9.84 Å². The van der Waals surface area contributed by atoms with Crippen molar-refractivity contribution in [1.82, 2.24) is 25.6 Å². The van der Waals surface area contributed by atoms with Crippen LogP contribution in [0, 0.1) is 13.8 Å². The Morgan fingerprint density at radius 3 is 2.77 bits per heavy atom. The van der Waals surface area contributed by atoms with Crippen LogP contribution in [0.4, 0.5) is 0 Å². The van der Waals surface area contributed by atoms with E-state index < -0.39 is 0 Å². The molecule has 0 spiro atoms. The highest BCUT2D eigenvalue weighted by Gasteiger charge is 2.26. The summed E-state index contributed by atoms with van der Waals surface area (Å²) >= 11 is 0. The van der Waals surface area contributed by atoms with Gasteiger partial charge in [0.25, 0.3) is 5.91 Å². The molecule has 2 aromatic heterocycles. The lowest BCUT2D eigenvalue weighted by Gasteiger charge is -2.32. The van der Waals surface area contributed by atoms with Gasteiger partial charge in [-0.2, -0.15) is 5.10 Å². The van der Waals surface area contributed by atoms with Crippen LogP contribution in [0.1, 0.15) is 64.4 Å². The summed E-state index contributed by atoms with van der Waals surface area (Å²) in [5.74, 6) is 0.884. The van der Waals surface area contributed by atoms with Gasteiger partial charge in [-0.15, -0.1) is 0 Å². The minimum Gasteiger partial charge on any atom is -0.361 e. The van der Waals surface area contributed by atoms with Gasteiger partial charge in [0.2, 0.25) is 0 Å². The molecule has 1 aliphatic carbocycles. The highest BCUT2D eigenvalue weighted by Crippen LogP contribution is 2.23. The minimum atomic E-state index is -0.0198. The molecule has 7 nitrogen and oxygen atoms in total. The Kier molecular flexibility index (Phi) is 4.80. The van der Waals surface area contributed by atoms with Crippen LogP contribution < -0.4 is 5.32 Å². The predicted octanol–water partition coefficient (Wildman–Crippen LogP) is 2.29. The van der Waals surface area contributed by atoms with Crippen LogP contribution in [0.2, 0.25) is 0 Å². The maximum atomic E-state index is 12.6. The average molecular weight is 357 g/mol. The zero-order valence-corrected chi connectivity index (χ0v) is 15.6. The van der Waals surface area contributed by atoms with Crippen molar-refractivity contribution in [1.29, 1.82) is 0 Å². The lowest BCUT2D eigenvalue weighted by Crippen LogP contribution is -2.44. The highest BCUT2D eigenvalue weighted by atomic mass is 16.5. The number of carbonyl (C=O) groups excluding carboxylic acids is 1. The molecule has 0 atom stereocenters. The van der Waals surface area contributed by atoms with Crippen LogP contribution >= 0.6 is 0 Å². The van der Waals surface area contributed by atoms with Gasteiger partial charge in [-0.3, -0.25) is 14.8 Å². The van der Waals surface area contributed by atoms with Crippen molar-refractivity contribution in [3.8, 4) is 0 Å². The molecule has 0 unspecified atom stereocenters. The highest BCUT2D eigenvalue weighted by molar-refractivity contribution is 5.94. The minimum absolute atomic E-state index is 0.0198. The molecule has 2 aromatic rings. The molecular weight excluding hydrogens is 330 g/mol. The molecular formula is C19H27N5O2. The van der Waals surface area contributed by atoms with E-state index in [0.717, 1.165) is 74.4 Å². The van der Waals surface area contributed by atoms with Gasteiger partial charge in [-0.1, -0.05) is 5.16 Å². The Labute approximate surface area is 153 Å². The van der Waals surface area contributed by atoms with Gasteiger partial charge in [0.05, 0.1) is 5.69 Å². The second-order valence-electron chi connectivity index (χ2n) is 7.56. The number of nitrogens with one attached hydrogen (secondary N) is 2. The van der Waals surface area contributed by atoms with Crippen LogP contribution in [0.15, 0.2) is 4.52 Å². The van der Waals surface area contributed by atoms with Crippen molar-refractivity contribution < 1.29 is 9.32 Å². The molecule has 0 aromatic carbocycles. The zero-order valence-electron chi connectivity index (χ0n) is 15.6. The first-order valence-electron chi connectivity index (χ1n) is 9.63. The quantitative estimate of drug-likeness (QED) is 0.877. The first kappa shape index (κ1) is 17.3. The smallest absolute Gasteiger partial charge is 0.272 e. The fourth-order valence-electron chi connectivity index (χ4n) is 4.11. The first-order valence-corrected chi connectivity index (χ1v) is 9.63. The van der Waals surface area contributed by atoms with Gasteiger partial charge in [0, 0.05) is 42.5 Å². The monoisotopic (exact) mass is 357 g/mol. The summed E-state index contributed by atoms with van der Waals surface area (Å²) in [6, 6.07) is 0.222. The number of aromatic amines is 1. The Morgan fingerprint density at radius 2 is 2.04 bits per heavy atom. The van der Waals surface area contributed by atoms with Gasteiger partial charge in [0.15, 0.2) is 5.69 Å². The molecule has 0 saturated carbocycles. The molecule has 0 bridgehead atoms. The number of piperidine rings is 1. The number of rotatable bonds is 4. The van der Waals surface area contributed by atoms with Crippen molar-refractivity contribution in [3.05, 3.63) is 34.0 Å². The van der Waals surface area contributed by atoms with Crippen LogP contribution in [0.3, 0.4) is 0 Å². The molecule has 7 heteroatoms. The molecule has 1 amide bonds. The second kappa shape index (κ2) is 7.23. The third-order valence-corrected chi connectivity index (χ3v) is 5.76. The fourth-order valence-corrected chi connectivity index (χ4v) is 4.11. The number of aryl methyl sites for hydroxylation is 3. The topological polar surface area (TPSA) is 87.1 Å². The SMILES string of the molecule is Cc1noc(C)c1CN1CCC(NC(=O)c2n[nH]c3c2CCCC3)CC1. The summed E-state index contributed by atoms with van der Waals surface area (Å²) < 4.78 is 5.25. The Hall–Kier alpha value is -2.15. The summed E-state index contributed by atoms with van der Waals surface area (Å²) in [5, 5.41) is 14.6. The number of nitrogens with zero attached hydrogens (tertiary/aromatic N) is 3. The fraction of sp³-hybridized carbons (Fsp3) is 0.632. The molecule has 4 rings (SSSR count). The number of hydrogen-bond acceptors (Lipinski definition) is 5. The van der Waals surface area contributed by atoms with Crippen LogP contribution in [-0.4, -0.2) is 45.3 Å². The molecule has 3 heterocycles. The Bertz CT molecular complexity index is 766. The summed E-state index contributed by atoms with van der Waals surface area (Å²) in [7, 11) is 0. The van der Waals surface area contributed by atoms with E-state index >= 15 is 0 Å². The van der Waals surface area contributed by atoms with E-state index in [1.807, 2.05) is 13.8 Å². The third-order valence-electron chi connectivity index (χ3n) is 5.76. The van der Waals surface area contributed by atoms with Crippen molar-refractivity contribution in [2.24, 2.45) is 0 Å². The molecule has 0 radical (unpaired) electrons. The van der Waals surface area contributed by atoms with E-state index in [1.54, 1.807) is 0 Å². The lowest BCUT2D eigenvalue weighted by atomic mass is 9.95. The Balaban J connectivity index is 1.31. The number of hydrogen-bond donors (Lipinski definition) is 2. The van der Waals surface area contributed by atoms with Crippen LogP contribution in [0.5, 0.6) is 0 Å². The lowest BCUT2D eigenvalue weighted by molar-refractivity contribution is 0.0902. The van der Waals surface area contributed by atoms with E-state index in [-0.39, 0.29) is 11.9 Å². The molecule has 140 valence electrons. The number of aromatic nitrogens is 3.